The van der Waals surface area contributed by atoms with Crippen molar-refractivity contribution in [3.05, 3.63) is 42.5 Å². The van der Waals surface area contributed by atoms with Crippen molar-refractivity contribution >= 4 is 15.9 Å². The first-order chi connectivity index (χ1) is 9.40. The Hall–Kier alpha value is -1.96. The zero-order chi connectivity index (χ0) is 16.0. The normalized spacial score (nSPS) is 15.1. The Morgan fingerprint density at radius 3 is 2.14 bits per heavy atom. The van der Waals surface area contributed by atoms with Crippen LogP contribution in [0.4, 0.5) is 25.1 Å². The van der Waals surface area contributed by atoms with E-state index in [0.29, 0.717) is 17.4 Å². The number of rotatable bonds is 3. The number of hydrogen-bond donors (Lipinski definition) is 1. The highest BCUT2D eigenvalue weighted by atomic mass is 32.5. The lowest BCUT2D eigenvalue weighted by atomic mass is 10.0. The van der Waals surface area contributed by atoms with Crippen molar-refractivity contribution < 1.29 is 24.2 Å². The van der Waals surface area contributed by atoms with Crippen LogP contribution in [0.1, 0.15) is 0 Å². The lowest BCUT2D eigenvalue weighted by Gasteiger charge is -2.40. The van der Waals surface area contributed by atoms with E-state index in [0.717, 1.165) is 6.07 Å². The molecule has 0 atom stereocenters. The molecule has 2 N–H and O–H groups in total. The van der Waals surface area contributed by atoms with Gasteiger partial charge in [-0.1, -0.05) is 37.6 Å². The second kappa shape index (κ2) is 4.03. The van der Waals surface area contributed by atoms with Gasteiger partial charge in [-0.3, -0.25) is 0 Å². The number of ether oxygens (including phenoxy) is 1. The summed E-state index contributed by atoms with van der Waals surface area (Å²) in [5.41, 5.74) is 5.82. The highest BCUT2D eigenvalue weighted by Crippen LogP contribution is 3.02. The Morgan fingerprint density at radius 1 is 0.952 bits per heavy atom. The van der Waals surface area contributed by atoms with Crippen molar-refractivity contribution in [3.63, 3.8) is 0 Å². The molecule has 0 aliphatic heterocycles. The van der Waals surface area contributed by atoms with Gasteiger partial charge in [0.2, 0.25) is 0 Å². The number of halogens is 5. The first-order valence-electron chi connectivity index (χ1n) is 5.69. The van der Waals surface area contributed by atoms with Crippen LogP contribution in [-0.2, 0) is 0 Å². The Labute approximate surface area is 118 Å². The first-order valence-corrected chi connectivity index (χ1v) is 7.64. The molecule has 2 aromatic rings. The summed E-state index contributed by atoms with van der Waals surface area (Å²) in [6.07, 6.45) is 0. The topological polar surface area (TPSA) is 35.2 Å². The summed E-state index contributed by atoms with van der Waals surface area (Å²) in [6, 6.07) is 7.92. The van der Waals surface area contributed by atoms with Crippen molar-refractivity contribution in [2.24, 2.45) is 0 Å². The van der Waals surface area contributed by atoms with Crippen LogP contribution in [0.2, 0.25) is 0 Å². The van der Waals surface area contributed by atoms with Crippen molar-refractivity contribution in [2.45, 2.75) is 4.90 Å². The maximum atomic E-state index is 12.7. The Morgan fingerprint density at radius 2 is 1.62 bits per heavy atom. The second-order valence-corrected chi connectivity index (χ2v) is 6.86. The van der Waals surface area contributed by atoms with E-state index in [-0.39, 0.29) is 17.3 Å². The molecule has 2 rings (SSSR count). The molecule has 0 spiro atoms. The molecule has 0 aromatic heterocycles. The maximum Gasteiger partial charge on any atom is 0.310 e. The second-order valence-electron chi connectivity index (χ2n) is 4.45. The predicted octanol–water partition coefficient (Wildman–Crippen LogP) is 5.60. The summed E-state index contributed by atoms with van der Waals surface area (Å²) in [4.78, 5) is -2.00. The highest BCUT2D eigenvalue weighted by molar-refractivity contribution is 8.45. The maximum absolute atomic E-state index is 12.7. The van der Waals surface area contributed by atoms with Gasteiger partial charge in [0.15, 0.2) is 0 Å². The summed E-state index contributed by atoms with van der Waals surface area (Å²) in [5.74, 6) is 0.476. The van der Waals surface area contributed by atoms with Crippen LogP contribution in [-0.4, -0.2) is 7.11 Å². The number of methoxy groups -OCH3 is 1. The van der Waals surface area contributed by atoms with Gasteiger partial charge in [0.1, 0.15) is 10.6 Å². The molecule has 21 heavy (non-hydrogen) atoms. The molecule has 0 heterocycles. The molecule has 2 nitrogen and oxygen atoms in total. The number of benzene rings is 2. The molecular weight excluding hydrogens is 313 g/mol. The minimum atomic E-state index is -9.72. The van der Waals surface area contributed by atoms with E-state index in [2.05, 4.69) is 0 Å². The Balaban J connectivity index is 2.55. The molecule has 0 aliphatic carbocycles. The van der Waals surface area contributed by atoms with Gasteiger partial charge in [-0.2, -0.15) is 0 Å². The fourth-order valence-electron chi connectivity index (χ4n) is 1.83. The highest BCUT2D eigenvalue weighted by Gasteiger charge is 2.65. The van der Waals surface area contributed by atoms with Crippen LogP contribution >= 0.6 is 10.2 Å². The van der Waals surface area contributed by atoms with E-state index in [1.807, 2.05) is 0 Å². The number of nitrogen functional groups attached to an aromatic ring is 1. The zero-order valence-corrected chi connectivity index (χ0v) is 11.6. The molecule has 0 saturated heterocycles. The van der Waals surface area contributed by atoms with Crippen molar-refractivity contribution in [2.75, 3.05) is 12.8 Å². The third-order valence-corrected chi connectivity index (χ3v) is 3.99. The molecule has 0 fully saturated rings. The van der Waals surface area contributed by atoms with E-state index in [1.165, 1.54) is 7.11 Å². The standard InChI is InChI=1S/C13H12F5NOS/c1-20-10-4-2-3-9(7-10)12-6-5-11(8-13(12)19)21(14,15,16,17)18/h2-8H,19H2,1H3. The van der Waals surface area contributed by atoms with E-state index >= 15 is 0 Å². The summed E-state index contributed by atoms with van der Waals surface area (Å²) >= 11 is 0. The molecule has 0 amide bonds. The van der Waals surface area contributed by atoms with Crippen LogP contribution in [0.5, 0.6) is 5.75 Å². The van der Waals surface area contributed by atoms with Crippen molar-refractivity contribution in [3.8, 4) is 16.9 Å². The SMILES string of the molecule is COc1cccc(-c2ccc(S(F)(F)(F)(F)F)cc2N)c1. The smallest absolute Gasteiger partial charge is 0.310 e. The van der Waals surface area contributed by atoms with Gasteiger partial charge in [-0.05, 0) is 29.8 Å². The minimum Gasteiger partial charge on any atom is -0.497 e. The number of hydrogen-bond acceptors (Lipinski definition) is 2. The summed E-state index contributed by atoms with van der Waals surface area (Å²) in [7, 11) is -8.29. The van der Waals surface area contributed by atoms with Gasteiger partial charge < -0.3 is 10.5 Å². The van der Waals surface area contributed by atoms with Gasteiger partial charge in [-0.15, -0.1) is 0 Å². The Bertz CT molecular complexity index is 699. The van der Waals surface area contributed by atoms with E-state index in [1.54, 1.807) is 24.3 Å². The summed E-state index contributed by atoms with van der Waals surface area (Å²) < 4.78 is 68.5. The van der Waals surface area contributed by atoms with E-state index in [9.17, 15) is 19.4 Å². The molecule has 8 heteroatoms. The third-order valence-electron chi connectivity index (χ3n) is 2.85. The lowest BCUT2D eigenvalue weighted by molar-refractivity contribution is 0.364. The van der Waals surface area contributed by atoms with Gasteiger partial charge in [0, 0.05) is 11.3 Å². The molecular formula is C13H12F5NOS. The van der Waals surface area contributed by atoms with Crippen molar-refractivity contribution in [1.82, 2.24) is 0 Å². The fourth-order valence-corrected chi connectivity index (χ4v) is 2.51. The molecule has 2 aromatic carbocycles. The fraction of sp³-hybridized carbons (Fsp3) is 0.0769. The molecule has 116 valence electrons. The molecule has 0 saturated carbocycles. The van der Waals surface area contributed by atoms with Crippen LogP contribution in [0.15, 0.2) is 47.4 Å². The molecule has 0 aliphatic rings. The monoisotopic (exact) mass is 325 g/mol. The van der Waals surface area contributed by atoms with Gasteiger partial charge >= 0.3 is 10.2 Å². The molecule has 0 unspecified atom stereocenters. The molecule has 0 radical (unpaired) electrons. The predicted molar refractivity (Wildman–Crippen MR) is 74.2 cm³/mol. The van der Waals surface area contributed by atoms with E-state index < -0.39 is 15.1 Å². The molecule has 0 bridgehead atoms. The van der Waals surface area contributed by atoms with Crippen LogP contribution < -0.4 is 10.5 Å². The number of nitrogens with two attached hydrogens (primary N) is 1. The van der Waals surface area contributed by atoms with Crippen molar-refractivity contribution in [1.29, 1.82) is 0 Å². The van der Waals surface area contributed by atoms with Gasteiger partial charge in [0.25, 0.3) is 0 Å². The quantitative estimate of drug-likeness (QED) is 0.589. The number of anilines is 1. The average molecular weight is 325 g/mol. The van der Waals surface area contributed by atoms with Gasteiger partial charge in [0.05, 0.1) is 7.11 Å². The Kier molecular flexibility index (Phi) is 2.96. The van der Waals surface area contributed by atoms with Crippen LogP contribution in [0.25, 0.3) is 11.1 Å². The average Bonchev–Trinajstić information content (AvgIpc) is 2.36. The summed E-state index contributed by atoms with van der Waals surface area (Å²) in [6.45, 7) is 0. The summed E-state index contributed by atoms with van der Waals surface area (Å²) in [5, 5.41) is 0. The third kappa shape index (κ3) is 3.38. The first kappa shape index (κ1) is 15.4. The van der Waals surface area contributed by atoms with Crippen LogP contribution in [0.3, 0.4) is 0 Å². The lowest BCUT2D eigenvalue weighted by Crippen LogP contribution is -2.07. The largest absolute Gasteiger partial charge is 0.497 e. The zero-order valence-electron chi connectivity index (χ0n) is 10.8. The minimum absolute atomic E-state index is 0.222. The van der Waals surface area contributed by atoms with Gasteiger partial charge in [-0.25, -0.2) is 0 Å². The van der Waals surface area contributed by atoms with Crippen LogP contribution in [0, 0.1) is 0 Å². The van der Waals surface area contributed by atoms with E-state index in [4.69, 9.17) is 10.5 Å².